The van der Waals surface area contributed by atoms with Crippen molar-refractivity contribution in [3.8, 4) is 40.3 Å². The van der Waals surface area contributed by atoms with Gasteiger partial charge in [-0.25, -0.2) is 0 Å². The van der Waals surface area contributed by atoms with Crippen LogP contribution in [-0.4, -0.2) is 13.7 Å². The van der Waals surface area contributed by atoms with Gasteiger partial charge in [0, 0.05) is 43.4 Å². The largest absolute Gasteiger partial charge is 0.309 e. The van der Waals surface area contributed by atoms with E-state index in [0.29, 0.717) is 11.1 Å². The molecule has 254 valence electrons. The zero-order chi connectivity index (χ0) is 36.6. The van der Waals surface area contributed by atoms with Crippen molar-refractivity contribution in [3.05, 3.63) is 187 Å². The van der Waals surface area contributed by atoms with Crippen molar-refractivity contribution in [3.63, 3.8) is 0 Å². The van der Waals surface area contributed by atoms with Crippen LogP contribution in [0, 0.1) is 22.7 Å². The molecule has 0 fully saturated rings. The fourth-order valence-electron chi connectivity index (χ4n) is 8.96. The van der Waals surface area contributed by atoms with Crippen LogP contribution in [-0.2, 0) is 0 Å². The van der Waals surface area contributed by atoms with E-state index in [9.17, 15) is 10.5 Å². The van der Waals surface area contributed by atoms with Crippen LogP contribution in [0.15, 0.2) is 176 Å². The van der Waals surface area contributed by atoms with Gasteiger partial charge >= 0.3 is 0 Å². The molecular weight excluding hydrogens is 671 g/mol. The Morgan fingerprint density at radius 3 is 1.45 bits per heavy atom. The van der Waals surface area contributed by atoms with Crippen molar-refractivity contribution >= 4 is 65.4 Å². The van der Waals surface area contributed by atoms with Gasteiger partial charge in [0.05, 0.1) is 67.4 Å². The summed E-state index contributed by atoms with van der Waals surface area (Å²) in [6, 6.07) is 65.9. The minimum absolute atomic E-state index is 0.570. The third-order valence-electron chi connectivity index (χ3n) is 11.1. The number of fused-ring (bicyclic) bond motifs is 9. The lowest BCUT2D eigenvalue weighted by atomic mass is 9.98. The van der Waals surface area contributed by atoms with E-state index in [2.05, 4.69) is 165 Å². The molecule has 0 bridgehead atoms. The molecular formula is C50H29N5. The van der Waals surface area contributed by atoms with Gasteiger partial charge in [-0.1, -0.05) is 121 Å². The average molecular weight is 700 g/mol. The van der Waals surface area contributed by atoms with Gasteiger partial charge < -0.3 is 13.7 Å². The number of benzene rings is 8. The molecule has 0 radical (unpaired) electrons. The number of nitriles is 2. The van der Waals surface area contributed by atoms with Crippen LogP contribution in [0.2, 0.25) is 0 Å². The van der Waals surface area contributed by atoms with Gasteiger partial charge in [-0.2, -0.15) is 10.5 Å². The quantitative estimate of drug-likeness (QED) is 0.184. The molecule has 8 aromatic carbocycles. The van der Waals surface area contributed by atoms with E-state index in [4.69, 9.17) is 0 Å². The Hall–Kier alpha value is -7.86. The summed E-state index contributed by atoms with van der Waals surface area (Å²) in [5, 5.41) is 27.7. The maximum atomic E-state index is 11.0. The molecule has 0 aliphatic heterocycles. The summed E-state index contributed by atoms with van der Waals surface area (Å²) in [6.07, 6.45) is 0. The maximum absolute atomic E-state index is 11.0. The molecule has 0 saturated carbocycles. The fraction of sp³-hybridized carbons (Fsp3) is 0. The summed E-state index contributed by atoms with van der Waals surface area (Å²) >= 11 is 0. The van der Waals surface area contributed by atoms with E-state index < -0.39 is 0 Å². The van der Waals surface area contributed by atoms with Gasteiger partial charge in [-0.05, 0) is 54.6 Å². The normalized spacial score (nSPS) is 11.6. The Morgan fingerprint density at radius 2 is 0.764 bits per heavy atom. The molecule has 0 aliphatic rings. The SMILES string of the molecule is N#Cc1cccc(-c2ccccc2-n2c3ccccc3c3c(C#N)cccc32)c1-n1c2ccccc2c2cccc(-n3c4ccccc4c4ccccc43)c21. The van der Waals surface area contributed by atoms with Crippen molar-refractivity contribution in [1.29, 1.82) is 10.5 Å². The van der Waals surface area contributed by atoms with E-state index in [1.54, 1.807) is 0 Å². The van der Waals surface area contributed by atoms with E-state index in [-0.39, 0.29) is 0 Å². The first-order valence-corrected chi connectivity index (χ1v) is 18.3. The molecule has 0 unspecified atom stereocenters. The number of rotatable bonds is 4. The fourth-order valence-corrected chi connectivity index (χ4v) is 8.96. The van der Waals surface area contributed by atoms with Crippen LogP contribution in [0.25, 0.3) is 93.6 Å². The average Bonchev–Trinajstić information content (AvgIpc) is 3.89. The Bertz CT molecular complexity index is 3420. The minimum Gasteiger partial charge on any atom is -0.309 e. The van der Waals surface area contributed by atoms with Gasteiger partial charge in [0.2, 0.25) is 0 Å². The molecule has 0 atom stereocenters. The molecule has 0 saturated heterocycles. The van der Waals surface area contributed by atoms with Crippen molar-refractivity contribution in [2.75, 3.05) is 0 Å². The Balaban J connectivity index is 1.29. The van der Waals surface area contributed by atoms with Crippen molar-refractivity contribution in [2.24, 2.45) is 0 Å². The minimum atomic E-state index is 0.570. The van der Waals surface area contributed by atoms with E-state index in [1.807, 2.05) is 36.4 Å². The monoisotopic (exact) mass is 699 g/mol. The van der Waals surface area contributed by atoms with E-state index >= 15 is 0 Å². The highest BCUT2D eigenvalue weighted by Crippen LogP contribution is 2.44. The second kappa shape index (κ2) is 11.8. The van der Waals surface area contributed by atoms with Crippen molar-refractivity contribution in [1.82, 2.24) is 13.7 Å². The van der Waals surface area contributed by atoms with Gasteiger partial charge in [-0.3, -0.25) is 0 Å². The van der Waals surface area contributed by atoms with Crippen LogP contribution in [0.3, 0.4) is 0 Å². The molecule has 11 aromatic rings. The predicted octanol–water partition coefficient (Wildman–Crippen LogP) is 12.4. The standard InChI is InChI=1S/C50H29N5/c51-30-32-14-12-28-46-48(32)40-20-5-10-27-45(40)53(46)43-25-8-3-18-36(43)38-21-11-15-33(31-52)49(38)55-44-26-9-4-19-37(44)39-22-13-29-47(50(39)55)54-41-23-6-1-16-34(41)35-17-2-7-24-42(35)54/h1-29H. The van der Waals surface area contributed by atoms with Crippen molar-refractivity contribution < 1.29 is 0 Å². The zero-order valence-electron chi connectivity index (χ0n) is 29.5. The number of aromatic nitrogens is 3. The van der Waals surface area contributed by atoms with Crippen LogP contribution in [0.4, 0.5) is 0 Å². The molecule has 0 N–H and O–H groups in total. The van der Waals surface area contributed by atoms with E-state index in [0.717, 1.165) is 82.8 Å². The van der Waals surface area contributed by atoms with Crippen LogP contribution < -0.4 is 0 Å². The summed E-state index contributed by atoms with van der Waals surface area (Å²) in [6.45, 7) is 0. The number of hydrogen-bond donors (Lipinski definition) is 0. The maximum Gasteiger partial charge on any atom is 0.101 e. The lowest BCUT2D eigenvalue weighted by molar-refractivity contribution is 1.12. The highest BCUT2D eigenvalue weighted by molar-refractivity contribution is 6.16. The molecule has 5 heteroatoms. The first-order valence-electron chi connectivity index (χ1n) is 18.3. The summed E-state index contributed by atoms with van der Waals surface area (Å²) in [5.41, 5.74) is 12.2. The highest BCUT2D eigenvalue weighted by atomic mass is 15.1. The lowest BCUT2D eigenvalue weighted by Crippen LogP contribution is -2.05. The van der Waals surface area contributed by atoms with Crippen molar-refractivity contribution in [2.45, 2.75) is 0 Å². The molecule has 0 spiro atoms. The second-order valence-corrected chi connectivity index (χ2v) is 13.9. The molecule has 3 aromatic heterocycles. The van der Waals surface area contributed by atoms with E-state index in [1.165, 1.54) is 10.8 Å². The highest BCUT2D eigenvalue weighted by Gasteiger charge is 2.25. The third kappa shape index (κ3) is 4.27. The van der Waals surface area contributed by atoms with Crippen LogP contribution in [0.5, 0.6) is 0 Å². The zero-order valence-corrected chi connectivity index (χ0v) is 29.5. The number of hydrogen-bond acceptors (Lipinski definition) is 2. The molecule has 11 rings (SSSR count). The Morgan fingerprint density at radius 1 is 0.327 bits per heavy atom. The smallest absolute Gasteiger partial charge is 0.101 e. The molecule has 55 heavy (non-hydrogen) atoms. The number of para-hydroxylation sites is 7. The first-order chi connectivity index (χ1) is 27.3. The van der Waals surface area contributed by atoms with Gasteiger partial charge in [0.15, 0.2) is 0 Å². The Labute approximate surface area is 316 Å². The summed E-state index contributed by atoms with van der Waals surface area (Å²) < 4.78 is 6.95. The molecule has 0 aliphatic carbocycles. The Kier molecular flexibility index (Phi) is 6.61. The predicted molar refractivity (Wildman–Crippen MR) is 224 cm³/mol. The second-order valence-electron chi connectivity index (χ2n) is 13.9. The van der Waals surface area contributed by atoms with Crippen LogP contribution in [0.1, 0.15) is 11.1 Å². The van der Waals surface area contributed by atoms with Gasteiger partial charge in [0.25, 0.3) is 0 Å². The summed E-state index contributed by atoms with van der Waals surface area (Å²) in [5.74, 6) is 0. The van der Waals surface area contributed by atoms with Gasteiger partial charge in [-0.15, -0.1) is 0 Å². The summed E-state index contributed by atoms with van der Waals surface area (Å²) in [7, 11) is 0. The lowest BCUT2D eigenvalue weighted by Gasteiger charge is -2.20. The topological polar surface area (TPSA) is 62.4 Å². The molecule has 5 nitrogen and oxygen atoms in total. The molecule has 0 amide bonds. The van der Waals surface area contributed by atoms with Gasteiger partial charge in [0.1, 0.15) is 6.07 Å². The summed E-state index contributed by atoms with van der Waals surface area (Å²) in [4.78, 5) is 0. The molecule has 3 heterocycles. The number of nitrogens with zero attached hydrogens (tertiary/aromatic N) is 5. The van der Waals surface area contributed by atoms with Crippen LogP contribution >= 0.6 is 0 Å². The first kappa shape index (κ1) is 30.7. The third-order valence-corrected chi connectivity index (χ3v) is 11.1.